The molecule has 4 aliphatic carbocycles. The van der Waals surface area contributed by atoms with E-state index in [1.165, 1.54) is 5.57 Å². The number of carbonyl (C=O) groups excluding carboxylic acids is 1. The molecule has 0 aromatic carbocycles. The highest BCUT2D eigenvalue weighted by Gasteiger charge is 2.64. The summed E-state index contributed by atoms with van der Waals surface area (Å²) in [5.41, 5.74) is 0.538. The molecule has 0 aliphatic heterocycles. The average molecular weight is 475 g/mol. The third-order valence-electron chi connectivity index (χ3n) is 11.4. The van der Waals surface area contributed by atoms with Crippen LogP contribution in [0.1, 0.15) is 106 Å². The normalized spacial score (nSPS) is 45.0. The molecule has 194 valence electrons. The Morgan fingerprint density at radius 1 is 1.12 bits per heavy atom. The Morgan fingerprint density at radius 3 is 2.44 bits per heavy atom. The van der Waals surface area contributed by atoms with Crippen molar-refractivity contribution < 1.29 is 20.1 Å². The van der Waals surface area contributed by atoms with Gasteiger partial charge in [0.1, 0.15) is 5.78 Å². The topological polar surface area (TPSA) is 77.8 Å². The number of carbonyl (C=O) groups is 1. The van der Waals surface area contributed by atoms with Crippen molar-refractivity contribution in [2.75, 3.05) is 0 Å². The number of Topliss-reactive ketones (excluding diaryl/α,β-unsaturated/α-hetero) is 1. The van der Waals surface area contributed by atoms with Crippen LogP contribution in [-0.2, 0) is 4.79 Å². The fraction of sp³-hybridized carbons (Fsp3) is 0.900. The van der Waals surface area contributed by atoms with Gasteiger partial charge >= 0.3 is 0 Å². The van der Waals surface area contributed by atoms with Crippen molar-refractivity contribution in [3.63, 3.8) is 0 Å². The van der Waals surface area contributed by atoms with E-state index in [1.807, 2.05) is 13.8 Å². The Balaban J connectivity index is 1.59. The van der Waals surface area contributed by atoms with Gasteiger partial charge in [-0.25, -0.2) is 0 Å². The van der Waals surface area contributed by atoms with Gasteiger partial charge in [0, 0.05) is 18.8 Å². The van der Waals surface area contributed by atoms with Gasteiger partial charge in [-0.3, -0.25) is 4.79 Å². The monoisotopic (exact) mass is 474 g/mol. The Morgan fingerprint density at radius 2 is 1.79 bits per heavy atom. The lowest BCUT2D eigenvalue weighted by Gasteiger charge is -2.53. The van der Waals surface area contributed by atoms with Crippen molar-refractivity contribution in [3.05, 3.63) is 11.6 Å². The maximum absolute atomic E-state index is 13.6. The summed E-state index contributed by atoms with van der Waals surface area (Å²) >= 11 is 0. The van der Waals surface area contributed by atoms with Crippen molar-refractivity contribution in [3.8, 4) is 0 Å². The summed E-state index contributed by atoms with van der Waals surface area (Å²) in [6.45, 7) is 15.1. The van der Waals surface area contributed by atoms with Crippen LogP contribution >= 0.6 is 0 Å². The maximum atomic E-state index is 13.6. The van der Waals surface area contributed by atoms with Crippen LogP contribution in [0.2, 0.25) is 0 Å². The van der Waals surface area contributed by atoms with E-state index in [2.05, 4.69) is 40.7 Å². The molecule has 3 saturated carbocycles. The molecule has 3 N–H and O–H groups in total. The largest absolute Gasteiger partial charge is 0.393 e. The first-order valence-electron chi connectivity index (χ1n) is 13.9. The van der Waals surface area contributed by atoms with Gasteiger partial charge in [-0.05, 0) is 92.3 Å². The van der Waals surface area contributed by atoms with E-state index in [-0.39, 0.29) is 28.1 Å². The summed E-state index contributed by atoms with van der Waals surface area (Å²) in [7, 11) is 0. The lowest BCUT2D eigenvalue weighted by atomic mass is 9.51. The summed E-state index contributed by atoms with van der Waals surface area (Å²) in [6.07, 6.45) is 9.32. The lowest BCUT2D eigenvalue weighted by Crippen LogP contribution is -2.50. The minimum absolute atomic E-state index is 0.0461. The van der Waals surface area contributed by atoms with E-state index in [9.17, 15) is 20.1 Å². The molecular formula is C30H50O4. The summed E-state index contributed by atoms with van der Waals surface area (Å²) in [5, 5.41) is 31.9. The van der Waals surface area contributed by atoms with Crippen LogP contribution < -0.4 is 0 Å². The van der Waals surface area contributed by atoms with E-state index < -0.39 is 17.8 Å². The second kappa shape index (κ2) is 8.70. The molecule has 0 radical (unpaired) electrons. The predicted molar refractivity (Wildman–Crippen MR) is 136 cm³/mol. The van der Waals surface area contributed by atoms with Crippen molar-refractivity contribution in [1.82, 2.24) is 0 Å². The molecular weight excluding hydrogens is 424 g/mol. The highest BCUT2D eigenvalue weighted by molar-refractivity contribution is 5.86. The van der Waals surface area contributed by atoms with Gasteiger partial charge in [-0.1, -0.05) is 52.7 Å². The van der Waals surface area contributed by atoms with E-state index in [1.54, 1.807) is 0 Å². The van der Waals surface area contributed by atoms with Gasteiger partial charge in [0.05, 0.1) is 17.8 Å². The molecule has 4 nitrogen and oxygen atoms in total. The summed E-state index contributed by atoms with van der Waals surface area (Å²) in [6, 6.07) is 0. The SMILES string of the molecule is CC(CCCC(C)(C)O)C1C(=O)CC2(C)C3CCC4C(CC3=CCC12C)C(O)CC(O)C4(C)C. The molecule has 4 rings (SSSR count). The molecule has 4 heteroatoms. The first kappa shape index (κ1) is 26.4. The van der Waals surface area contributed by atoms with Crippen LogP contribution in [0.25, 0.3) is 0 Å². The van der Waals surface area contributed by atoms with E-state index in [0.717, 1.165) is 44.9 Å². The molecule has 0 heterocycles. The Hall–Kier alpha value is -0.710. The molecule has 0 bridgehead atoms. The fourth-order valence-electron chi connectivity index (χ4n) is 9.12. The molecule has 4 aliphatic rings. The minimum atomic E-state index is -0.649. The molecule has 0 aromatic rings. The molecule has 9 unspecified atom stereocenters. The molecule has 3 fully saturated rings. The highest BCUT2D eigenvalue weighted by atomic mass is 16.3. The van der Waals surface area contributed by atoms with Gasteiger partial charge in [-0.2, -0.15) is 0 Å². The third kappa shape index (κ3) is 4.14. The zero-order valence-electron chi connectivity index (χ0n) is 22.7. The van der Waals surface area contributed by atoms with Crippen LogP contribution in [0.15, 0.2) is 11.6 Å². The van der Waals surface area contributed by atoms with E-state index >= 15 is 0 Å². The Bertz CT molecular complexity index is 822. The number of hydrogen-bond donors (Lipinski definition) is 3. The van der Waals surface area contributed by atoms with Crippen molar-refractivity contribution >= 4 is 5.78 Å². The number of hydrogen-bond acceptors (Lipinski definition) is 4. The van der Waals surface area contributed by atoms with Gasteiger partial charge in [0.25, 0.3) is 0 Å². The molecule has 0 aromatic heterocycles. The van der Waals surface area contributed by atoms with Gasteiger partial charge in [0.2, 0.25) is 0 Å². The molecule has 9 atom stereocenters. The number of fused-ring (bicyclic) bond motifs is 4. The van der Waals surface area contributed by atoms with Gasteiger partial charge in [0.15, 0.2) is 0 Å². The summed E-state index contributed by atoms with van der Waals surface area (Å²) < 4.78 is 0. The smallest absolute Gasteiger partial charge is 0.137 e. The van der Waals surface area contributed by atoms with Crippen LogP contribution in [0, 0.1) is 45.8 Å². The third-order valence-corrected chi connectivity index (χ3v) is 11.4. The van der Waals surface area contributed by atoms with Crippen molar-refractivity contribution in [1.29, 1.82) is 0 Å². The van der Waals surface area contributed by atoms with Crippen LogP contribution in [0.5, 0.6) is 0 Å². The number of allylic oxidation sites excluding steroid dienone is 2. The van der Waals surface area contributed by atoms with Crippen LogP contribution in [0.3, 0.4) is 0 Å². The minimum Gasteiger partial charge on any atom is -0.393 e. The zero-order valence-corrected chi connectivity index (χ0v) is 22.7. The Labute approximate surface area is 207 Å². The number of rotatable bonds is 5. The zero-order chi connectivity index (χ0) is 25.3. The number of ketones is 1. The standard InChI is InChI=1S/C30H50O4/c1-18(9-8-13-27(2,3)34)26-24(32)17-30(7)21-10-11-22-20(15-19(21)12-14-29(26,30)6)23(31)16-25(33)28(22,4)5/h12,18,20-23,25-26,31,33-34H,8-11,13-17H2,1-7H3. The van der Waals surface area contributed by atoms with Crippen LogP contribution in [0.4, 0.5) is 0 Å². The predicted octanol–water partition coefficient (Wildman–Crippen LogP) is 5.68. The van der Waals surface area contributed by atoms with E-state index in [0.29, 0.717) is 36.4 Å². The van der Waals surface area contributed by atoms with Crippen molar-refractivity contribution in [2.45, 2.75) is 124 Å². The van der Waals surface area contributed by atoms with Crippen LogP contribution in [-0.4, -0.2) is 38.9 Å². The maximum Gasteiger partial charge on any atom is 0.137 e. The fourth-order valence-corrected chi connectivity index (χ4v) is 9.12. The Kier molecular flexibility index (Phi) is 6.74. The highest BCUT2D eigenvalue weighted by Crippen LogP contribution is 2.68. The second-order valence-corrected chi connectivity index (χ2v) is 14.4. The molecule has 0 spiro atoms. The second-order valence-electron chi connectivity index (χ2n) is 14.4. The molecule has 0 amide bonds. The molecule has 34 heavy (non-hydrogen) atoms. The lowest BCUT2D eigenvalue weighted by molar-refractivity contribution is -0.124. The average Bonchev–Trinajstić information content (AvgIpc) is 2.82. The van der Waals surface area contributed by atoms with E-state index in [4.69, 9.17) is 0 Å². The molecule has 0 saturated heterocycles. The number of aliphatic hydroxyl groups excluding tert-OH is 2. The first-order valence-corrected chi connectivity index (χ1v) is 13.9. The first-order chi connectivity index (χ1) is 15.6. The summed E-state index contributed by atoms with van der Waals surface area (Å²) in [5.74, 6) is 1.73. The van der Waals surface area contributed by atoms with Gasteiger partial charge in [-0.15, -0.1) is 0 Å². The quantitative estimate of drug-likeness (QED) is 0.448. The van der Waals surface area contributed by atoms with Gasteiger partial charge < -0.3 is 15.3 Å². The van der Waals surface area contributed by atoms with Crippen molar-refractivity contribution in [2.24, 2.45) is 45.8 Å². The number of aliphatic hydroxyl groups is 3. The summed E-state index contributed by atoms with van der Waals surface area (Å²) in [4.78, 5) is 13.6.